The second-order valence-electron chi connectivity index (χ2n) is 8.84. The molecule has 0 radical (unpaired) electrons. The number of para-hydroxylation sites is 1. The van der Waals surface area contributed by atoms with Gasteiger partial charge >= 0.3 is 0 Å². The first kappa shape index (κ1) is 20.5. The summed E-state index contributed by atoms with van der Waals surface area (Å²) in [6, 6.07) is 10.1. The third-order valence-electron chi connectivity index (χ3n) is 7.60. The molecule has 1 spiro atoms. The normalized spacial score (nSPS) is 30.0. The molecule has 4 aliphatic rings. The van der Waals surface area contributed by atoms with E-state index >= 15 is 0 Å². The van der Waals surface area contributed by atoms with Crippen LogP contribution < -0.4 is 19.7 Å². The Labute approximate surface area is 195 Å². The Morgan fingerprint density at radius 1 is 1.09 bits per heavy atom. The molecule has 4 atom stereocenters. The summed E-state index contributed by atoms with van der Waals surface area (Å²) in [4.78, 5) is 44.8. The van der Waals surface area contributed by atoms with Gasteiger partial charge in [0.25, 0.3) is 5.91 Å². The number of rotatable bonds is 3. The van der Waals surface area contributed by atoms with Crippen molar-refractivity contribution in [2.75, 3.05) is 31.0 Å². The Kier molecular flexibility index (Phi) is 4.32. The maximum Gasteiger partial charge on any atom is 0.250 e. The predicted octanol–water partition coefficient (Wildman–Crippen LogP) is 2.79. The molecule has 9 heteroatoms. The van der Waals surface area contributed by atoms with Crippen LogP contribution in [-0.2, 0) is 19.9 Å². The van der Waals surface area contributed by atoms with Crippen molar-refractivity contribution >= 4 is 40.7 Å². The van der Waals surface area contributed by atoms with E-state index in [2.05, 4.69) is 10.2 Å². The monoisotopic (exact) mass is 467 g/mol. The number of imide groups is 1. The molecule has 1 N–H and O–H groups in total. The number of fused-ring (bicyclic) bond motifs is 7. The van der Waals surface area contributed by atoms with Crippen LogP contribution >= 0.6 is 11.6 Å². The number of nitrogens with zero attached hydrogens (tertiary/aromatic N) is 2. The highest BCUT2D eigenvalue weighted by Crippen LogP contribution is 2.61. The van der Waals surface area contributed by atoms with E-state index in [4.69, 9.17) is 21.1 Å². The van der Waals surface area contributed by atoms with Gasteiger partial charge in [-0.15, -0.1) is 0 Å². The molecule has 0 bridgehead atoms. The van der Waals surface area contributed by atoms with E-state index in [0.717, 1.165) is 12.8 Å². The third-order valence-corrected chi connectivity index (χ3v) is 7.92. The van der Waals surface area contributed by atoms with Crippen molar-refractivity contribution in [3.05, 3.63) is 47.0 Å². The first-order valence-corrected chi connectivity index (χ1v) is 11.3. The molecule has 6 rings (SSSR count). The van der Waals surface area contributed by atoms with Gasteiger partial charge in [-0.2, -0.15) is 0 Å². The van der Waals surface area contributed by atoms with Gasteiger partial charge in [0.15, 0.2) is 0 Å². The summed E-state index contributed by atoms with van der Waals surface area (Å²) in [6.07, 6.45) is 1.59. The lowest BCUT2D eigenvalue weighted by Gasteiger charge is -2.36. The number of benzene rings is 2. The molecule has 4 aliphatic heterocycles. The molecule has 33 heavy (non-hydrogen) atoms. The highest BCUT2D eigenvalue weighted by atomic mass is 35.5. The van der Waals surface area contributed by atoms with Gasteiger partial charge in [0.2, 0.25) is 11.8 Å². The minimum absolute atomic E-state index is 0.205. The van der Waals surface area contributed by atoms with E-state index in [-0.39, 0.29) is 17.9 Å². The van der Waals surface area contributed by atoms with Crippen molar-refractivity contribution in [3.8, 4) is 11.5 Å². The number of amides is 3. The largest absolute Gasteiger partial charge is 0.497 e. The van der Waals surface area contributed by atoms with Crippen LogP contribution in [0.15, 0.2) is 36.4 Å². The summed E-state index contributed by atoms with van der Waals surface area (Å²) >= 11 is 6.42. The number of hydrogen-bond acceptors (Lipinski definition) is 6. The molecule has 2 aromatic carbocycles. The molecular formula is C24H22ClN3O5. The predicted molar refractivity (Wildman–Crippen MR) is 121 cm³/mol. The van der Waals surface area contributed by atoms with Crippen LogP contribution in [0.5, 0.6) is 11.5 Å². The number of anilines is 2. The van der Waals surface area contributed by atoms with Gasteiger partial charge in [-0.05, 0) is 37.6 Å². The Hall–Kier alpha value is -3.10. The van der Waals surface area contributed by atoms with Crippen LogP contribution in [0.2, 0.25) is 5.02 Å². The molecule has 0 aromatic heterocycles. The maximum atomic E-state index is 14.1. The van der Waals surface area contributed by atoms with Crippen LogP contribution in [0, 0.1) is 11.8 Å². The number of methoxy groups -OCH3 is 2. The molecule has 3 amide bonds. The lowest BCUT2D eigenvalue weighted by molar-refractivity contribution is -0.135. The van der Waals surface area contributed by atoms with Gasteiger partial charge in [0.1, 0.15) is 17.0 Å². The molecule has 0 aliphatic carbocycles. The van der Waals surface area contributed by atoms with Crippen LogP contribution in [0.3, 0.4) is 0 Å². The maximum absolute atomic E-state index is 14.1. The minimum Gasteiger partial charge on any atom is -0.497 e. The first-order chi connectivity index (χ1) is 15.9. The summed E-state index contributed by atoms with van der Waals surface area (Å²) in [5.41, 5.74) is 0.249. The summed E-state index contributed by atoms with van der Waals surface area (Å²) in [5.74, 6) is -1.63. The lowest BCUT2D eigenvalue weighted by Crippen LogP contribution is -2.54. The van der Waals surface area contributed by atoms with Gasteiger partial charge in [-0.3, -0.25) is 19.3 Å². The summed E-state index contributed by atoms with van der Waals surface area (Å²) in [5, 5.41) is 3.33. The molecule has 3 saturated heterocycles. The fourth-order valence-electron chi connectivity index (χ4n) is 6.40. The molecular weight excluding hydrogens is 446 g/mol. The van der Waals surface area contributed by atoms with E-state index in [0.29, 0.717) is 40.0 Å². The first-order valence-electron chi connectivity index (χ1n) is 10.9. The Morgan fingerprint density at radius 3 is 2.67 bits per heavy atom. The zero-order valence-corrected chi connectivity index (χ0v) is 18.9. The van der Waals surface area contributed by atoms with E-state index in [9.17, 15) is 14.4 Å². The van der Waals surface area contributed by atoms with E-state index in [1.807, 2.05) is 6.07 Å². The lowest BCUT2D eigenvalue weighted by atomic mass is 9.75. The van der Waals surface area contributed by atoms with Crippen LogP contribution in [0.1, 0.15) is 18.4 Å². The number of carbonyl (C=O) groups excluding carboxylic acids is 3. The van der Waals surface area contributed by atoms with Crippen molar-refractivity contribution in [1.82, 2.24) is 4.90 Å². The average Bonchev–Trinajstić information content (AvgIpc) is 3.52. The zero-order valence-electron chi connectivity index (χ0n) is 18.1. The van der Waals surface area contributed by atoms with Crippen LogP contribution in [0.4, 0.5) is 11.4 Å². The van der Waals surface area contributed by atoms with Crippen molar-refractivity contribution in [2.45, 2.75) is 24.4 Å². The van der Waals surface area contributed by atoms with Crippen molar-refractivity contribution in [3.63, 3.8) is 0 Å². The van der Waals surface area contributed by atoms with E-state index in [1.165, 1.54) is 19.1 Å². The van der Waals surface area contributed by atoms with Gasteiger partial charge in [0, 0.05) is 17.7 Å². The summed E-state index contributed by atoms with van der Waals surface area (Å²) in [7, 11) is 3.00. The van der Waals surface area contributed by atoms with Crippen molar-refractivity contribution in [1.29, 1.82) is 0 Å². The second-order valence-corrected chi connectivity index (χ2v) is 9.25. The fraction of sp³-hybridized carbons (Fsp3) is 0.375. The second kappa shape index (κ2) is 6.95. The fourth-order valence-corrected chi connectivity index (χ4v) is 6.63. The van der Waals surface area contributed by atoms with Gasteiger partial charge in [-0.1, -0.05) is 23.7 Å². The molecule has 3 fully saturated rings. The van der Waals surface area contributed by atoms with Crippen LogP contribution in [-0.4, -0.2) is 49.4 Å². The van der Waals surface area contributed by atoms with Crippen LogP contribution in [0.25, 0.3) is 0 Å². The smallest absolute Gasteiger partial charge is 0.250 e. The SMILES string of the molecule is COc1ccc(OC)c(N2C(=O)[C@H]3[C@@H](C2=O)[C@]2(C(=O)Nc4c(Cl)cccc42)N2CCC[C@@H]32)c1. The molecule has 170 valence electrons. The molecule has 0 saturated carbocycles. The zero-order chi connectivity index (χ0) is 23.1. The molecule has 8 nitrogen and oxygen atoms in total. The average molecular weight is 468 g/mol. The molecule has 0 unspecified atom stereocenters. The number of nitrogens with one attached hydrogen (secondary N) is 1. The molecule has 4 heterocycles. The topological polar surface area (TPSA) is 88.2 Å². The number of ether oxygens (including phenoxy) is 2. The Bertz CT molecular complexity index is 1230. The minimum atomic E-state index is -1.26. The van der Waals surface area contributed by atoms with E-state index in [1.54, 1.807) is 30.3 Å². The Morgan fingerprint density at radius 2 is 1.91 bits per heavy atom. The van der Waals surface area contributed by atoms with E-state index < -0.39 is 23.3 Å². The molecule has 2 aromatic rings. The standard InChI is InChI=1S/C24H22ClN3O5/c1-32-12-8-9-17(33-2)16(11-12)28-21(29)18-15-7-4-10-27(15)24(19(18)22(28)30)13-5-3-6-14(25)20(13)26-23(24)31/h3,5-6,8-9,11,15,18-19H,4,7,10H2,1-2H3,(H,26,31)/t15-,18+,19-,24+/m0/s1. The third kappa shape index (κ3) is 2.37. The number of hydrogen-bond donors (Lipinski definition) is 1. The van der Waals surface area contributed by atoms with Gasteiger partial charge in [0.05, 0.1) is 42.5 Å². The van der Waals surface area contributed by atoms with Gasteiger partial charge in [-0.25, -0.2) is 4.90 Å². The number of halogens is 1. The number of carbonyl (C=O) groups is 3. The Balaban J connectivity index is 1.56. The highest BCUT2D eigenvalue weighted by molar-refractivity contribution is 6.35. The summed E-state index contributed by atoms with van der Waals surface area (Å²) < 4.78 is 10.8. The van der Waals surface area contributed by atoms with Crippen molar-refractivity contribution in [2.24, 2.45) is 11.8 Å². The van der Waals surface area contributed by atoms with Gasteiger partial charge < -0.3 is 14.8 Å². The quantitative estimate of drug-likeness (QED) is 0.698. The highest BCUT2D eigenvalue weighted by Gasteiger charge is 2.74. The summed E-state index contributed by atoms with van der Waals surface area (Å²) in [6.45, 7) is 0.639. The van der Waals surface area contributed by atoms with Crippen molar-refractivity contribution < 1.29 is 23.9 Å².